The Morgan fingerprint density at radius 3 is 1.88 bits per heavy atom. The first-order valence-electron chi connectivity index (χ1n) is 8.06. The Kier molecular flexibility index (Phi) is 5.30. The molecule has 0 atom stereocenters. The van der Waals surface area contributed by atoms with Crippen molar-refractivity contribution in [3.8, 4) is 0 Å². The molecule has 4 nitrogen and oxygen atoms in total. The summed E-state index contributed by atoms with van der Waals surface area (Å²) in [4.78, 5) is 28.7. The van der Waals surface area contributed by atoms with E-state index in [-0.39, 0.29) is 11.8 Å². The normalized spacial score (nSPS) is 14.5. The van der Waals surface area contributed by atoms with Gasteiger partial charge in [-0.2, -0.15) is 0 Å². The predicted molar refractivity (Wildman–Crippen MR) is 99.4 cm³/mol. The van der Waals surface area contributed by atoms with Gasteiger partial charge in [-0.15, -0.1) is 0 Å². The molecule has 1 aliphatic rings. The topological polar surface area (TPSA) is 40.6 Å². The van der Waals surface area contributed by atoms with Gasteiger partial charge in [0.05, 0.1) is 10.0 Å². The molecule has 3 rings (SSSR count). The van der Waals surface area contributed by atoms with E-state index >= 15 is 0 Å². The van der Waals surface area contributed by atoms with Crippen LogP contribution in [-0.4, -0.2) is 47.8 Å². The van der Waals surface area contributed by atoms with Crippen LogP contribution in [0.4, 0.5) is 0 Å². The molecular formula is C19H18Cl2N2O2. The molecule has 0 aliphatic carbocycles. The molecular weight excluding hydrogens is 359 g/mol. The van der Waals surface area contributed by atoms with Crippen LogP contribution in [0.2, 0.25) is 10.0 Å². The second kappa shape index (κ2) is 7.46. The van der Waals surface area contributed by atoms with E-state index < -0.39 is 0 Å². The Bertz CT molecular complexity index is 815. The highest BCUT2D eigenvalue weighted by atomic mass is 35.5. The highest BCUT2D eigenvalue weighted by molar-refractivity contribution is 6.42. The summed E-state index contributed by atoms with van der Waals surface area (Å²) in [6.07, 6.45) is 0. The number of piperazine rings is 1. The summed E-state index contributed by atoms with van der Waals surface area (Å²) in [6.45, 7) is 3.98. The average Bonchev–Trinajstić information content (AvgIpc) is 2.63. The molecule has 1 saturated heterocycles. The highest BCUT2D eigenvalue weighted by Gasteiger charge is 2.25. The van der Waals surface area contributed by atoms with Crippen LogP contribution in [0, 0.1) is 6.92 Å². The van der Waals surface area contributed by atoms with Crippen molar-refractivity contribution in [3.05, 3.63) is 69.2 Å². The van der Waals surface area contributed by atoms with E-state index in [0.29, 0.717) is 47.4 Å². The fourth-order valence-corrected chi connectivity index (χ4v) is 3.18. The van der Waals surface area contributed by atoms with Crippen LogP contribution in [0.1, 0.15) is 26.3 Å². The number of halogens is 2. The molecule has 1 fully saturated rings. The van der Waals surface area contributed by atoms with Crippen LogP contribution in [0.5, 0.6) is 0 Å². The summed E-state index contributed by atoms with van der Waals surface area (Å²) in [5.41, 5.74) is 2.25. The lowest BCUT2D eigenvalue weighted by Gasteiger charge is -2.35. The highest BCUT2D eigenvalue weighted by Crippen LogP contribution is 2.23. The zero-order chi connectivity index (χ0) is 18.0. The van der Waals surface area contributed by atoms with Gasteiger partial charge in [-0.3, -0.25) is 9.59 Å². The zero-order valence-electron chi connectivity index (χ0n) is 13.8. The smallest absolute Gasteiger partial charge is 0.254 e. The van der Waals surface area contributed by atoms with Crippen molar-refractivity contribution in [2.24, 2.45) is 0 Å². The fraction of sp³-hybridized carbons (Fsp3) is 0.263. The molecule has 0 radical (unpaired) electrons. The minimum Gasteiger partial charge on any atom is -0.335 e. The summed E-state index contributed by atoms with van der Waals surface area (Å²) in [5, 5.41) is 0.785. The average molecular weight is 377 g/mol. The number of rotatable bonds is 2. The van der Waals surface area contributed by atoms with Crippen LogP contribution in [0.3, 0.4) is 0 Å². The Morgan fingerprint density at radius 1 is 0.800 bits per heavy atom. The van der Waals surface area contributed by atoms with Crippen LogP contribution in [-0.2, 0) is 0 Å². The van der Waals surface area contributed by atoms with Crippen molar-refractivity contribution in [2.75, 3.05) is 26.2 Å². The fourth-order valence-electron chi connectivity index (χ4n) is 2.89. The summed E-state index contributed by atoms with van der Waals surface area (Å²) < 4.78 is 0. The number of benzene rings is 2. The van der Waals surface area contributed by atoms with Crippen molar-refractivity contribution >= 4 is 35.0 Å². The van der Waals surface area contributed by atoms with Crippen LogP contribution in [0.25, 0.3) is 0 Å². The molecule has 0 N–H and O–H groups in total. The van der Waals surface area contributed by atoms with E-state index in [0.717, 1.165) is 5.56 Å². The summed E-state index contributed by atoms with van der Waals surface area (Å²) in [6, 6.07) is 12.4. The third-order valence-electron chi connectivity index (χ3n) is 4.29. The van der Waals surface area contributed by atoms with E-state index in [4.69, 9.17) is 23.2 Å². The molecule has 1 heterocycles. The van der Waals surface area contributed by atoms with E-state index in [1.807, 2.05) is 31.2 Å². The van der Waals surface area contributed by atoms with Crippen molar-refractivity contribution < 1.29 is 9.59 Å². The second-order valence-corrected chi connectivity index (χ2v) is 6.90. The predicted octanol–water partition coefficient (Wildman–Crippen LogP) is 3.90. The lowest BCUT2D eigenvalue weighted by Crippen LogP contribution is -2.50. The van der Waals surface area contributed by atoms with Gasteiger partial charge in [0.25, 0.3) is 11.8 Å². The Morgan fingerprint density at radius 2 is 1.36 bits per heavy atom. The van der Waals surface area contributed by atoms with Crippen molar-refractivity contribution in [1.82, 2.24) is 9.80 Å². The molecule has 1 aliphatic heterocycles. The number of nitrogens with zero attached hydrogens (tertiary/aromatic N) is 2. The van der Waals surface area contributed by atoms with Crippen LogP contribution >= 0.6 is 23.2 Å². The zero-order valence-corrected chi connectivity index (χ0v) is 15.3. The minimum atomic E-state index is -0.0961. The lowest BCUT2D eigenvalue weighted by molar-refractivity contribution is 0.0535. The maximum Gasteiger partial charge on any atom is 0.254 e. The van der Waals surface area contributed by atoms with Gasteiger partial charge < -0.3 is 9.80 Å². The van der Waals surface area contributed by atoms with Crippen LogP contribution < -0.4 is 0 Å². The van der Waals surface area contributed by atoms with E-state index in [1.54, 1.807) is 28.0 Å². The second-order valence-electron chi connectivity index (χ2n) is 6.08. The van der Waals surface area contributed by atoms with Gasteiger partial charge in [0.1, 0.15) is 0 Å². The monoisotopic (exact) mass is 376 g/mol. The van der Waals surface area contributed by atoms with Gasteiger partial charge in [0.2, 0.25) is 0 Å². The van der Waals surface area contributed by atoms with Crippen molar-refractivity contribution in [3.63, 3.8) is 0 Å². The van der Waals surface area contributed by atoms with Gasteiger partial charge in [-0.25, -0.2) is 0 Å². The van der Waals surface area contributed by atoms with Gasteiger partial charge >= 0.3 is 0 Å². The first-order chi connectivity index (χ1) is 12.0. The molecule has 0 spiro atoms. The van der Waals surface area contributed by atoms with Crippen molar-refractivity contribution in [1.29, 1.82) is 0 Å². The number of amides is 2. The standard InChI is InChI=1S/C19H18Cl2N2O2/c1-13-3-2-4-14(11-13)18(24)22-7-9-23(10-8-22)19(25)15-5-6-16(20)17(21)12-15/h2-6,11-12H,7-10H2,1H3. The van der Waals surface area contributed by atoms with E-state index in [9.17, 15) is 9.59 Å². The number of carbonyl (C=O) groups is 2. The first-order valence-corrected chi connectivity index (χ1v) is 8.81. The first kappa shape index (κ1) is 17.8. The maximum absolute atomic E-state index is 12.6. The van der Waals surface area contributed by atoms with E-state index in [2.05, 4.69) is 0 Å². The number of hydrogen-bond acceptors (Lipinski definition) is 2. The molecule has 0 saturated carbocycles. The SMILES string of the molecule is Cc1cccc(C(=O)N2CCN(C(=O)c3ccc(Cl)c(Cl)c3)CC2)c1. The molecule has 2 aromatic rings. The largest absolute Gasteiger partial charge is 0.335 e. The van der Waals surface area contributed by atoms with Gasteiger partial charge in [0, 0.05) is 37.3 Å². The third-order valence-corrected chi connectivity index (χ3v) is 5.02. The summed E-state index contributed by atoms with van der Waals surface area (Å²) >= 11 is 11.9. The molecule has 2 amide bonds. The van der Waals surface area contributed by atoms with Gasteiger partial charge in [-0.05, 0) is 37.3 Å². The number of hydrogen-bond donors (Lipinski definition) is 0. The molecule has 6 heteroatoms. The Hall–Kier alpha value is -2.04. The number of aryl methyl sites for hydroxylation is 1. The molecule has 25 heavy (non-hydrogen) atoms. The van der Waals surface area contributed by atoms with Gasteiger partial charge in [-0.1, -0.05) is 40.9 Å². The molecule has 130 valence electrons. The van der Waals surface area contributed by atoms with E-state index in [1.165, 1.54) is 0 Å². The molecule has 0 aromatic heterocycles. The van der Waals surface area contributed by atoms with Gasteiger partial charge in [0.15, 0.2) is 0 Å². The molecule has 0 unspecified atom stereocenters. The quantitative estimate of drug-likeness (QED) is 0.797. The Labute approximate surface area is 156 Å². The summed E-state index contributed by atoms with van der Waals surface area (Å²) in [7, 11) is 0. The maximum atomic E-state index is 12.6. The van der Waals surface area contributed by atoms with Crippen molar-refractivity contribution in [2.45, 2.75) is 6.92 Å². The molecule has 2 aromatic carbocycles. The summed E-state index contributed by atoms with van der Waals surface area (Å²) in [5.74, 6) is -0.0912. The lowest BCUT2D eigenvalue weighted by atomic mass is 10.1. The minimum absolute atomic E-state index is 0.00494. The number of carbonyl (C=O) groups excluding carboxylic acids is 2. The van der Waals surface area contributed by atoms with Crippen LogP contribution in [0.15, 0.2) is 42.5 Å². The molecule has 0 bridgehead atoms. The Balaban J connectivity index is 1.64. The third kappa shape index (κ3) is 3.97.